The maximum atomic E-state index is 13.4. The van der Waals surface area contributed by atoms with E-state index in [4.69, 9.17) is 0 Å². The fraction of sp³-hybridized carbons (Fsp3) is 0.444. The molecular weight excluding hydrogens is 345 g/mol. The number of aromatic nitrogens is 2. The van der Waals surface area contributed by atoms with Crippen LogP contribution in [0.15, 0.2) is 24.3 Å². The number of carbonyl (C=O) groups excluding carboxylic acids is 1. The fourth-order valence-corrected chi connectivity index (χ4v) is 3.44. The topological polar surface area (TPSA) is 41.4 Å². The van der Waals surface area contributed by atoms with Crippen LogP contribution in [0.4, 0.5) is 13.2 Å². The molecule has 5 nitrogen and oxygen atoms in total. The normalized spacial score (nSPS) is 17.8. The predicted molar refractivity (Wildman–Crippen MR) is 89.1 cm³/mol. The lowest BCUT2D eigenvalue weighted by Crippen LogP contribution is -2.41. The van der Waals surface area contributed by atoms with Crippen LogP contribution in [0.3, 0.4) is 0 Å². The van der Waals surface area contributed by atoms with Crippen LogP contribution in [0.5, 0.6) is 0 Å². The molecule has 4 rings (SSSR count). The molecule has 1 aromatic carbocycles. The highest BCUT2D eigenvalue weighted by molar-refractivity contribution is 5.94. The summed E-state index contributed by atoms with van der Waals surface area (Å²) in [6.45, 7) is 2.50. The van der Waals surface area contributed by atoms with Gasteiger partial charge in [0.15, 0.2) is 5.69 Å². The maximum Gasteiger partial charge on any atom is 0.435 e. The summed E-state index contributed by atoms with van der Waals surface area (Å²) in [6.07, 6.45) is -3.14. The molecule has 2 aliphatic heterocycles. The maximum absolute atomic E-state index is 13.4. The highest BCUT2D eigenvalue weighted by Crippen LogP contribution is 2.35. The molecule has 0 spiro atoms. The minimum absolute atomic E-state index is 0.0407. The van der Waals surface area contributed by atoms with Crippen molar-refractivity contribution >= 4 is 5.91 Å². The van der Waals surface area contributed by atoms with E-state index < -0.39 is 11.9 Å². The molecule has 26 heavy (non-hydrogen) atoms. The quantitative estimate of drug-likeness (QED) is 0.823. The summed E-state index contributed by atoms with van der Waals surface area (Å²) >= 11 is 0. The molecule has 0 radical (unpaired) electrons. The number of likely N-dealkylation sites (tertiary alicyclic amines) is 1. The van der Waals surface area contributed by atoms with Gasteiger partial charge in [0, 0.05) is 37.3 Å². The van der Waals surface area contributed by atoms with E-state index in [2.05, 4.69) is 5.10 Å². The van der Waals surface area contributed by atoms with Crippen LogP contribution in [-0.2, 0) is 19.1 Å². The van der Waals surface area contributed by atoms with Gasteiger partial charge in [-0.3, -0.25) is 4.79 Å². The third-order valence-electron chi connectivity index (χ3n) is 5.02. The molecule has 0 unspecified atom stereocenters. The number of likely N-dealkylation sites (N-methyl/N-ethyl adjacent to an activating group) is 1. The number of hydrogen-bond donors (Lipinski definition) is 0. The van der Waals surface area contributed by atoms with Crippen molar-refractivity contribution in [1.29, 1.82) is 0 Å². The lowest BCUT2D eigenvalue weighted by Gasteiger charge is -2.30. The lowest BCUT2D eigenvalue weighted by molar-refractivity contribution is -0.142. The van der Waals surface area contributed by atoms with Crippen LogP contribution in [0.25, 0.3) is 5.69 Å². The summed E-state index contributed by atoms with van der Waals surface area (Å²) < 4.78 is 41.5. The molecule has 8 heteroatoms. The van der Waals surface area contributed by atoms with E-state index in [-0.39, 0.29) is 11.5 Å². The standard InChI is InChI=1S/C18H19F3N4O/c1-23-10-7-14-15(11-23)25(22-16(14)18(19,20)21)13-5-3-12(4-6-13)17(26)24-8-2-9-24/h3-6H,2,7-11H2,1H3. The Morgan fingerprint density at radius 2 is 1.81 bits per heavy atom. The smallest absolute Gasteiger partial charge is 0.339 e. The molecule has 1 amide bonds. The van der Waals surface area contributed by atoms with E-state index in [1.165, 1.54) is 4.68 Å². The summed E-state index contributed by atoms with van der Waals surface area (Å²) in [7, 11) is 1.88. The summed E-state index contributed by atoms with van der Waals surface area (Å²) in [6, 6.07) is 6.64. The summed E-state index contributed by atoms with van der Waals surface area (Å²) in [4.78, 5) is 16.0. The van der Waals surface area contributed by atoms with Gasteiger partial charge in [0.05, 0.1) is 11.4 Å². The Morgan fingerprint density at radius 3 is 2.38 bits per heavy atom. The second kappa shape index (κ2) is 6.12. The Kier molecular flexibility index (Phi) is 4.02. The Bertz CT molecular complexity index is 837. The molecule has 0 bridgehead atoms. The van der Waals surface area contributed by atoms with Gasteiger partial charge in [0.1, 0.15) is 0 Å². The zero-order chi connectivity index (χ0) is 18.5. The van der Waals surface area contributed by atoms with E-state index in [0.717, 1.165) is 19.5 Å². The van der Waals surface area contributed by atoms with Crippen molar-refractivity contribution in [2.45, 2.75) is 25.6 Å². The number of alkyl halides is 3. The van der Waals surface area contributed by atoms with Gasteiger partial charge in [-0.05, 0) is 44.2 Å². The van der Waals surface area contributed by atoms with Crippen molar-refractivity contribution < 1.29 is 18.0 Å². The van der Waals surface area contributed by atoms with Crippen molar-refractivity contribution in [3.63, 3.8) is 0 Å². The molecule has 1 fully saturated rings. The van der Waals surface area contributed by atoms with Crippen molar-refractivity contribution in [3.8, 4) is 5.69 Å². The van der Waals surface area contributed by atoms with Gasteiger partial charge >= 0.3 is 6.18 Å². The van der Waals surface area contributed by atoms with Gasteiger partial charge in [-0.15, -0.1) is 0 Å². The first-order valence-electron chi connectivity index (χ1n) is 8.61. The Morgan fingerprint density at radius 1 is 1.12 bits per heavy atom. The molecule has 2 aromatic rings. The number of carbonyl (C=O) groups is 1. The van der Waals surface area contributed by atoms with Crippen LogP contribution in [-0.4, -0.2) is 52.2 Å². The van der Waals surface area contributed by atoms with E-state index in [1.54, 1.807) is 29.2 Å². The second-order valence-electron chi connectivity index (χ2n) is 6.86. The first-order valence-corrected chi connectivity index (χ1v) is 8.61. The Hall–Kier alpha value is -2.35. The lowest BCUT2D eigenvalue weighted by atomic mass is 10.0. The summed E-state index contributed by atoms with van der Waals surface area (Å²) in [5, 5.41) is 3.87. The average Bonchev–Trinajstić information content (AvgIpc) is 2.92. The monoisotopic (exact) mass is 364 g/mol. The number of halogens is 3. The Labute approximate surface area is 149 Å². The van der Waals surface area contributed by atoms with Crippen LogP contribution < -0.4 is 0 Å². The third kappa shape index (κ3) is 2.88. The van der Waals surface area contributed by atoms with Gasteiger partial charge in [-0.2, -0.15) is 18.3 Å². The minimum atomic E-state index is -4.47. The SMILES string of the molecule is CN1CCc2c(C(F)(F)F)nn(-c3ccc(C(=O)N4CCC4)cc3)c2C1. The first-order chi connectivity index (χ1) is 12.3. The van der Waals surface area contributed by atoms with Crippen LogP contribution in [0.1, 0.15) is 33.7 Å². The molecule has 138 valence electrons. The number of benzene rings is 1. The number of nitrogens with zero attached hydrogens (tertiary/aromatic N) is 4. The predicted octanol–water partition coefficient (Wildman–Crippen LogP) is 2.72. The van der Waals surface area contributed by atoms with Gasteiger partial charge in [0.2, 0.25) is 0 Å². The highest BCUT2D eigenvalue weighted by Gasteiger charge is 2.40. The van der Waals surface area contributed by atoms with E-state index in [9.17, 15) is 18.0 Å². The molecule has 0 N–H and O–H groups in total. The Balaban J connectivity index is 1.71. The number of amides is 1. The molecule has 1 aromatic heterocycles. The van der Waals surface area contributed by atoms with Crippen molar-refractivity contribution in [1.82, 2.24) is 19.6 Å². The zero-order valence-corrected chi connectivity index (χ0v) is 14.4. The van der Waals surface area contributed by atoms with Crippen LogP contribution in [0.2, 0.25) is 0 Å². The molecule has 3 heterocycles. The van der Waals surface area contributed by atoms with E-state index in [1.807, 2.05) is 11.9 Å². The summed E-state index contributed by atoms with van der Waals surface area (Å²) in [5.41, 5.74) is 1.11. The van der Waals surface area contributed by atoms with Gasteiger partial charge < -0.3 is 9.80 Å². The molecule has 0 aliphatic carbocycles. The van der Waals surface area contributed by atoms with Crippen LogP contribution in [0, 0.1) is 0 Å². The highest BCUT2D eigenvalue weighted by atomic mass is 19.4. The van der Waals surface area contributed by atoms with Crippen molar-refractivity contribution in [2.75, 3.05) is 26.7 Å². The number of hydrogen-bond acceptors (Lipinski definition) is 3. The second-order valence-corrected chi connectivity index (χ2v) is 6.86. The third-order valence-corrected chi connectivity index (χ3v) is 5.02. The number of rotatable bonds is 2. The minimum Gasteiger partial charge on any atom is -0.339 e. The van der Waals surface area contributed by atoms with Crippen molar-refractivity contribution in [2.24, 2.45) is 0 Å². The van der Waals surface area contributed by atoms with E-state index in [0.29, 0.717) is 36.5 Å². The van der Waals surface area contributed by atoms with Crippen LogP contribution >= 0.6 is 0 Å². The van der Waals surface area contributed by atoms with Gasteiger partial charge in [-0.25, -0.2) is 4.68 Å². The molecule has 1 saturated heterocycles. The number of fused-ring (bicyclic) bond motifs is 1. The van der Waals surface area contributed by atoms with Crippen molar-refractivity contribution in [3.05, 3.63) is 46.8 Å². The fourth-order valence-electron chi connectivity index (χ4n) is 3.44. The molecule has 2 aliphatic rings. The van der Waals surface area contributed by atoms with Gasteiger partial charge in [-0.1, -0.05) is 0 Å². The average molecular weight is 364 g/mol. The molecular formula is C18H19F3N4O. The summed E-state index contributed by atoms with van der Waals surface area (Å²) in [5.74, 6) is -0.0407. The van der Waals surface area contributed by atoms with E-state index >= 15 is 0 Å². The largest absolute Gasteiger partial charge is 0.435 e. The molecule has 0 atom stereocenters. The first kappa shape index (κ1) is 17.1. The molecule has 0 saturated carbocycles. The van der Waals surface area contributed by atoms with Gasteiger partial charge in [0.25, 0.3) is 5.91 Å². The zero-order valence-electron chi connectivity index (χ0n) is 14.4.